The van der Waals surface area contributed by atoms with Gasteiger partial charge >= 0.3 is 0 Å². The summed E-state index contributed by atoms with van der Waals surface area (Å²) in [6, 6.07) is 0.821. The van der Waals surface area contributed by atoms with Gasteiger partial charge in [-0.25, -0.2) is 0 Å². The van der Waals surface area contributed by atoms with Gasteiger partial charge in [0.2, 0.25) is 23.3 Å². The molecule has 32 heavy (non-hydrogen) atoms. The Bertz CT molecular complexity index is 853. The molecule has 0 aromatic carbocycles. The number of pyridine rings is 1. The minimum Gasteiger partial charge on any atom is -0.394 e. The summed E-state index contributed by atoms with van der Waals surface area (Å²) in [7, 11) is 0. The molecular formula is C23H34N5O4+. The number of anilines is 1. The maximum Gasteiger partial charge on any atom is 0.249 e. The highest BCUT2D eigenvalue weighted by Crippen LogP contribution is 2.27. The summed E-state index contributed by atoms with van der Waals surface area (Å²) in [6.45, 7) is 1.76. The number of amides is 2. The number of likely N-dealkylation sites (tertiary alicyclic amines) is 1. The van der Waals surface area contributed by atoms with Crippen LogP contribution in [0.15, 0.2) is 18.5 Å². The van der Waals surface area contributed by atoms with Crippen LogP contribution >= 0.6 is 0 Å². The first-order valence-corrected chi connectivity index (χ1v) is 11.4. The Labute approximate surface area is 188 Å². The van der Waals surface area contributed by atoms with E-state index in [0.29, 0.717) is 24.2 Å². The van der Waals surface area contributed by atoms with E-state index in [0.717, 1.165) is 32.1 Å². The van der Waals surface area contributed by atoms with E-state index in [9.17, 15) is 19.5 Å². The van der Waals surface area contributed by atoms with E-state index < -0.39 is 6.04 Å². The predicted octanol–water partition coefficient (Wildman–Crippen LogP) is -0.321. The topological polar surface area (TPSA) is 137 Å². The standard InChI is InChI=1S/C23H33N5O4/c1-15(30)22(24)17-9-10-25-12-18(17)26-13-21(31)28-11-5-8-20(28)23(32)27-19(14-29)16-6-3-2-4-7-16/h9-10,12,16,19-20,24,26,29H,2-8,11,13-14H2,1H3,(H,27,32)/p+1/t19-,20+/m1/s1. The number of rotatable bonds is 9. The fraction of sp³-hybridized carbons (Fsp3) is 0.609. The van der Waals surface area contributed by atoms with Crippen molar-refractivity contribution in [2.45, 2.75) is 64.0 Å². The molecule has 9 nitrogen and oxygen atoms in total. The first kappa shape index (κ1) is 23.8. The van der Waals surface area contributed by atoms with Crippen molar-refractivity contribution in [1.29, 1.82) is 0 Å². The molecule has 2 amide bonds. The van der Waals surface area contributed by atoms with Crippen molar-refractivity contribution >= 4 is 29.0 Å². The summed E-state index contributed by atoms with van der Waals surface area (Å²) >= 11 is 0. The Morgan fingerprint density at radius 2 is 1.97 bits per heavy atom. The zero-order chi connectivity index (χ0) is 23.1. The van der Waals surface area contributed by atoms with Gasteiger partial charge in [-0.15, -0.1) is 0 Å². The van der Waals surface area contributed by atoms with E-state index in [2.05, 4.69) is 15.6 Å². The second-order valence-corrected chi connectivity index (χ2v) is 8.69. The molecule has 0 spiro atoms. The van der Waals surface area contributed by atoms with Crippen LogP contribution in [0.2, 0.25) is 0 Å². The van der Waals surface area contributed by atoms with Crippen molar-refractivity contribution in [3.63, 3.8) is 0 Å². The molecule has 1 aromatic rings. The lowest BCUT2D eigenvalue weighted by Crippen LogP contribution is -2.52. The monoisotopic (exact) mass is 444 g/mol. The number of carbonyl (C=O) groups excluding carboxylic acids is 3. The number of hydrogen-bond donors (Lipinski definition) is 4. The van der Waals surface area contributed by atoms with E-state index in [4.69, 9.17) is 5.41 Å². The molecule has 9 heteroatoms. The molecule has 2 aliphatic rings. The van der Waals surface area contributed by atoms with E-state index >= 15 is 0 Å². The molecule has 1 aromatic heterocycles. The number of aliphatic hydroxyl groups is 1. The van der Waals surface area contributed by atoms with E-state index in [1.165, 1.54) is 25.7 Å². The normalized spacial score (nSPS) is 19.9. The summed E-state index contributed by atoms with van der Waals surface area (Å²) < 4.78 is 0. The van der Waals surface area contributed by atoms with Gasteiger partial charge in [-0.3, -0.25) is 24.8 Å². The van der Waals surface area contributed by atoms with Crippen LogP contribution in [0.3, 0.4) is 0 Å². The molecule has 2 fully saturated rings. The second-order valence-electron chi connectivity index (χ2n) is 8.69. The average molecular weight is 445 g/mol. The molecule has 2 heterocycles. The van der Waals surface area contributed by atoms with Crippen molar-refractivity contribution in [3.8, 4) is 0 Å². The predicted molar refractivity (Wildman–Crippen MR) is 120 cm³/mol. The zero-order valence-electron chi connectivity index (χ0n) is 18.7. The molecule has 0 bridgehead atoms. The van der Waals surface area contributed by atoms with Crippen LogP contribution in [0.4, 0.5) is 5.69 Å². The van der Waals surface area contributed by atoms with Gasteiger partial charge in [-0.1, -0.05) is 19.3 Å². The van der Waals surface area contributed by atoms with Crippen LogP contribution in [0.25, 0.3) is 0 Å². The van der Waals surface area contributed by atoms with Gasteiger partial charge in [0.15, 0.2) is 0 Å². The molecule has 1 saturated heterocycles. The third-order valence-electron chi connectivity index (χ3n) is 6.54. The average Bonchev–Trinajstić information content (AvgIpc) is 3.31. The lowest BCUT2D eigenvalue weighted by atomic mass is 9.84. The van der Waals surface area contributed by atoms with Crippen molar-refractivity contribution in [2.75, 3.05) is 25.0 Å². The third kappa shape index (κ3) is 5.70. The van der Waals surface area contributed by atoms with E-state index in [1.807, 2.05) is 0 Å². The first-order chi connectivity index (χ1) is 15.4. The number of carbonyl (C=O) groups is 3. The summed E-state index contributed by atoms with van der Waals surface area (Å²) in [5.74, 6) is -0.385. The Morgan fingerprint density at radius 3 is 2.66 bits per heavy atom. The highest BCUT2D eigenvalue weighted by atomic mass is 16.3. The molecule has 1 aliphatic carbocycles. The quantitative estimate of drug-likeness (QED) is 0.385. The molecule has 1 aliphatic heterocycles. The van der Waals surface area contributed by atoms with Crippen LogP contribution in [0, 0.1) is 5.92 Å². The highest BCUT2D eigenvalue weighted by Gasteiger charge is 2.36. The fourth-order valence-corrected chi connectivity index (χ4v) is 4.70. The molecule has 0 radical (unpaired) electrons. The maximum atomic E-state index is 13.0. The molecule has 1 saturated carbocycles. The van der Waals surface area contributed by atoms with Gasteiger partial charge in [0.25, 0.3) is 0 Å². The fourth-order valence-electron chi connectivity index (χ4n) is 4.70. The summed E-state index contributed by atoms with van der Waals surface area (Å²) in [5.41, 5.74) is 1.08. The Balaban J connectivity index is 1.60. The van der Waals surface area contributed by atoms with Crippen LogP contribution in [0.5, 0.6) is 0 Å². The molecule has 2 atom stereocenters. The molecule has 174 valence electrons. The Hall–Kier alpha value is -2.81. The van der Waals surface area contributed by atoms with Gasteiger partial charge in [-0.2, -0.15) is 0 Å². The minimum atomic E-state index is -0.538. The van der Waals surface area contributed by atoms with Crippen LogP contribution in [0.1, 0.15) is 57.4 Å². The minimum absolute atomic E-state index is 0.0420. The number of nitrogens with two attached hydrogens (primary N) is 1. The van der Waals surface area contributed by atoms with Crippen molar-refractivity contribution in [1.82, 2.24) is 15.2 Å². The first-order valence-electron chi connectivity index (χ1n) is 11.4. The van der Waals surface area contributed by atoms with Crippen molar-refractivity contribution in [2.24, 2.45) is 5.92 Å². The molecule has 0 unspecified atom stereocenters. The smallest absolute Gasteiger partial charge is 0.249 e. The van der Waals surface area contributed by atoms with Gasteiger partial charge in [0.1, 0.15) is 6.04 Å². The summed E-state index contributed by atoms with van der Waals surface area (Å²) in [6.07, 6.45) is 9.87. The second kappa shape index (κ2) is 11.2. The Kier molecular flexibility index (Phi) is 8.33. The van der Waals surface area contributed by atoms with Crippen molar-refractivity contribution in [3.05, 3.63) is 24.0 Å². The largest absolute Gasteiger partial charge is 0.394 e. The molecule has 3 rings (SSSR count). The zero-order valence-corrected chi connectivity index (χ0v) is 18.7. The third-order valence-corrected chi connectivity index (χ3v) is 6.54. The van der Waals surface area contributed by atoms with Crippen LogP contribution in [-0.4, -0.2) is 70.1 Å². The number of Topliss-reactive ketones (excluding diaryl/α,β-unsaturated/α-hetero) is 1. The SMILES string of the molecule is CC(=O)C(=[NH2+])c1ccncc1NCC(=O)N1CCC[C@H]1C(=O)N[C@H](CO)C1CCCCC1. The van der Waals surface area contributed by atoms with Crippen molar-refractivity contribution < 1.29 is 24.9 Å². The van der Waals surface area contributed by atoms with Gasteiger partial charge in [0.05, 0.1) is 36.6 Å². The van der Waals surface area contributed by atoms with Gasteiger partial charge in [-0.05, 0) is 37.7 Å². The number of aromatic nitrogens is 1. The van der Waals surface area contributed by atoms with Gasteiger partial charge in [0, 0.05) is 19.7 Å². The summed E-state index contributed by atoms with van der Waals surface area (Å²) in [5, 5.41) is 21.7. The highest BCUT2D eigenvalue weighted by molar-refractivity contribution is 6.43. The Morgan fingerprint density at radius 1 is 1.22 bits per heavy atom. The van der Waals surface area contributed by atoms with E-state index in [1.54, 1.807) is 11.0 Å². The molecule has 5 N–H and O–H groups in total. The number of ketones is 1. The molecular weight excluding hydrogens is 410 g/mol. The van der Waals surface area contributed by atoms with Crippen LogP contribution < -0.4 is 16.0 Å². The summed E-state index contributed by atoms with van der Waals surface area (Å²) in [4.78, 5) is 43.1. The lowest BCUT2D eigenvalue weighted by Gasteiger charge is -2.32. The number of nitrogens with one attached hydrogen (secondary N) is 2. The maximum absolute atomic E-state index is 13.0. The lowest BCUT2D eigenvalue weighted by molar-refractivity contribution is -0.137. The van der Waals surface area contributed by atoms with Gasteiger partial charge < -0.3 is 20.6 Å². The van der Waals surface area contributed by atoms with E-state index in [-0.39, 0.29) is 48.4 Å². The number of aliphatic hydroxyl groups excluding tert-OH is 1. The number of hydrogen-bond acceptors (Lipinski definition) is 6. The number of nitrogens with zero attached hydrogens (tertiary/aromatic N) is 2. The van der Waals surface area contributed by atoms with Crippen LogP contribution in [-0.2, 0) is 14.4 Å².